The van der Waals surface area contributed by atoms with Gasteiger partial charge in [0.1, 0.15) is 80.7 Å². The number of unbranched alkanes of at least 4 members (excludes halogenated alkanes) is 19. The lowest BCUT2D eigenvalue weighted by atomic mass is 9.79. The molecule has 2 aliphatic heterocycles. The van der Waals surface area contributed by atoms with Gasteiger partial charge in [-0.2, -0.15) is 0 Å². The topological polar surface area (TPSA) is 590 Å². The molecule has 1 aliphatic carbocycles. The molecule has 42 nitrogen and oxygen atoms in total. The van der Waals surface area contributed by atoms with E-state index in [0.29, 0.717) is 58.0 Å². The van der Waals surface area contributed by atoms with Crippen LogP contribution in [-0.2, 0) is 114 Å². The minimum absolute atomic E-state index is 0.0257. The van der Waals surface area contributed by atoms with Crippen LogP contribution >= 0.6 is 0 Å². The zero-order valence-corrected chi connectivity index (χ0v) is 79.7. The van der Waals surface area contributed by atoms with Gasteiger partial charge in [-0.3, -0.25) is 47.9 Å². The van der Waals surface area contributed by atoms with Crippen LogP contribution in [-0.4, -0.2) is 387 Å². The van der Waals surface area contributed by atoms with Gasteiger partial charge in [0, 0.05) is 78.2 Å². The maximum Gasteiger partial charge on any atom is 0.246 e. The third kappa shape index (κ3) is 56.6. The third-order valence-corrected chi connectivity index (χ3v) is 22.8. The Hall–Kier alpha value is -6.02. The normalized spacial score (nSPS) is 22.5. The van der Waals surface area contributed by atoms with Gasteiger partial charge in [0.15, 0.2) is 18.4 Å². The molecule has 3 fully saturated rings. The highest BCUT2D eigenvalue weighted by Gasteiger charge is 2.48. The number of ketones is 1. The minimum atomic E-state index is -1.48. The van der Waals surface area contributed by atoms with Crippen molar-refractivity contribution in [1.82, 2.24) is 47.9 Å². The van der Waals surface area contributed by atoms with E-state index in [9.17, 15) is 93.9 Å². The molecule has 0 spiro atoms. The summed E-state index contributed by atoms with van der Waals surface area (Å²) in [6.07, 6.45) is 9.42. The summed E-state index contributed by atoms with van der Waals surface area (Å²) in [6.45, 7) is 8.04. The largest absolute Gasteiger partial charge is 0.396 e. The van der Waals surface area contributed by atoms with Gasteiger partial charge in [-0.25, -0.2) is 0 Å². The second kappa shape index (κ2) is 77.9. The standard InChI is InChI=1S/C91H167N9O33/c1-6-8-10-12-13-14-15-16-17-18-19-20-22-33-75(108)92-34-29-25-32-70(89(119)95-37-26-21-11-9-7-2)100-88(118)67(30-23-27-35-93-76(109)61-126-48-45-121-39-42-124-51-54-130-90-80(97-65(4)105)86(116)83(113)73(59-102)132-90)56-71(107)69(99-78(111)63-128-49-46-122-40-43-125-52-55-131-91-81(98-66(5)106)87(117)84(114)74(60-103)133-91)31-24-28-36-94-77(110)62-127-47-44-120-38-41-123-50-53-129-72-57-68(58-101)82(112)85(115)79(72)96-64(3)104/h67-70,72-74,79-87,90-91,101-103,112-117H,6-63H2,1-5H3,(H,92,108)(H,93,109)(H,94,110)(H,95,119)(H,96,104)(H,97,105)(H,98,106)(H,99,111)(H,100,118)/t67?,68-,69?,70?,72-,73-,74-,79+,80-,81-,82+,83+,84+,85-,86-,87-,90-,91-/m1/s1. The van der Waals surface area contributed by atoms with Crippen molar-refractivity contribution >= 4 is 58.9 Å². The van der Waals surface area contributed by atoms with Gasteiger partial charge in [-0.1, -0.05) is 123 Å². The lowest BCUT2D eigenvalue weighted by molar-refractivity contribution is -0.272. The van der Waals surface area contributed by atoms with Crippen molar-refractivity contribution in [2.24, 2.45) is 11.8 Å². The predicted molar refractivity (Wildman–Crippen MR) is 484 cm³/mol. The van der Waals surface area contributed by atoms with E-state index < -0.39 is 182 Å². The van der Waals surface area contributed by atoms with Gasteiger partial charge in [0.25, 0.3) is 0 Å². The summed E-state index contributed by atoms with van der Waals surface area (Å²) < 4.78 is 78.6. The first-order chi connectivity index (χ1) is 64.3. The van der Waals surface area contributed by atoms with Crippen LogP contribution in [0.25, 0.3) is 0 Å². The molecule has 133 heavy (non-hydrogen) atoms. The van der Waals surface area contributed by atoms with Crippen LogP contribution in [0.2, 0.25) is 0 Å². The molecule has 3 aliphatic rings. The molecule has 9 amide bonds. The summed E-state index contributed by atoms with van der Waals surface area (Å²) in [5.74, 6) is -6.10. The molecule has 2 saturated heterocycles. The summed E-state index contributed by atoms with van der Waals surface area (Å²) >= 11 is 0. The molecule has 0 bridgehead atoms. The summed E-state index contributed by atoms with van der Waals surface area (Å²) in [6, 6.07) is -5.27. The molecule has 2 heterocycles. The van der Waals surface area contributed by atoms with E-state index in [1.807, 2.05) is 0 Å². The zero-order valence-electron chi connectivity index (χ0n) is 79.7. The number of aliphatic hydroxyl groups is 9. The van der Waals surface area contributed by atoms with Crippen LogP contribution in [0.5, 0.6) is 0 Å². The van der Waals surface area contributed by atoms with E-state index >= 15 is 0 Å². The van der Waals surface area contributed by atoms with Gasteiger partial charge in [-0.05, 0) is 70.6 Å². The molecular formula is C91H167N9O33. The van der Waals surface area contributed by atoms with Crippen LogP contribution in [0.1, 0.15) is 227 Å². The second-order valence-electron chi connectivity index (χ2n) is 34.0. The maximum absolute atomic E-state index is 14.9. The highest BCUT2D eigenvalue weighted by atomic mass is 16.7. The van der Waals surface area contributed by atoms with Crippen LogP contribution in [0.15, 0.2) is 0 Å². The molecule has 18 N–H and O–H groups in total. The Morgan fingerprint density at radius 1 is 0.331 bits per heavy atom. The van der Waals surface area contributed by atoms with Gasteiger partial charge < -0.3 is 160 Å². The fourth-order valence-electron chi connectivity index (χ4n) is 15.3. The van der Waals surface area contributed by atoms with Crippen LogP contribution in [0, 0.1) is 11.8 Å². The van der Waals surface area contributed by atoms with Crippen molar-refractivity contribution < 1.29 is 160 Å². The minimum Gasteiger partial charge on any atom is -0.396 e. The first-order valence-corrected chi connectivity index (χ1v) is 48.6. The lowest BCUT2D eigenvalue weighted by Crippen LogP contribution is -2.64. The quantitative estimate of drug-likeness (QED) is 0.0346. The Morgan fingerprint density at radius 2 is 0.677 bits per heavy atom. The van der Waals surface area contributed by atoms with Crippen LogP contribution < -0.4 is 47.9 Å². The third-order valence-electron chi connectivity index (χ3n) is 22.8. The molecule has 42 heteroatoms. The summed E-state index contributed by atoms with van der Waals surface area (Å²) in [7, 11) is 0. The molecule has 3 unspecified atom stereocenters. The van der Waals surface area contributed by atoms with Crippen molar-refractivity contribution in [2.75, 3.05) is 185 Å². The first-order valence-electron chi connectivity index (χ1n) is 48.6. The molecule has 0 aromatic rings. The second-order valence-corrected chi connectivity index (χ2v) is 34.0. The van der Waals surface area contributed by atoms with E-state index in [1.165, 1.54) is 78.6 Å². The number of carbonyl (C=O) groups excluding carboxylic acids is 10. The highest BCUT2D eigenvalue weighted by molar-refractivity contribution is 5.94. The molecule has 0 aromatic heterocycles. The fourth-order valence-corrected chi connectivity index (χ4v) is 15.3. The van der Waals surface area contributed by atoms with Gasteiger partial charge in [0.05, 0.1) is 156 Å². The molecular weight excluding hydrogens is 1750 g/mol. The van der Waals surface area contributed by atoms with Gasteiger partial charge in [0.2, 0.25) is 53.2 Å². The summed E-state index contributed by atoms with van der Waals surface area (Å²) in [5, 5.41) is 117. The molecule has 18 atom stereocenters. The average Bonchev–Trinajstić information content (AvgIpc) is 0.820. The predicted octanol–water partition coefficient (Wildman–Crippen LogP) is -0.347. The molecule has 1 saturated carbocycles. The average molecular weight is 1920 g/mol. The van der Waals surface area contributed by atoms with Crippen molar-refractivity contribution in [2.45, 2.75) is 325 Å². The SMILES string of the molecule is CCCCCCCCCCCCCCCC(=O)NCCCCC(NC(=O)C(CCCCNC(=O)COCCOCCOCCO[C@@H]1O[C@H](CO)[C@H](O)[C@H](O)[C@H]1NC(C)=O)CC(=O)C(CCCCNC(=O)COCCOCCOCCO[C@@H]1C[C@H](CO)[C@H](O)[C@H](O)[C@H]1NC(C)=O)NC(=O)COCCOCCOCCO[C@@H]1O[C@H](CO)[C@H](O)[C@H](O)[C@H]1NC(C)=O)C(=O)NCCCCCCC. The smallest absolute Gasteiger partial charge is 0.246 e. The molecule has 0 radical (unpaired) electrons. The van der Waals surface area contributed by atoms with Crippen molar-refractivity contribution in [1.29, 1.82) is 0 Å². The Labute approximate surface area is 785 Å². The Kier molecular flexibility index (Phi) is 70.9. The highest BCUT2D eigenvalue weighted by Crippen LogP contribution is 2.29. The number of aliphatic hydroxyl groups excluding tert-OH is 9. The fraction of sp³-hybridized carbons (Fsp3) is 0.890. The number of amides is 9. The lowest BCUT2D eigenvalue weighted by Gasteiger charge is -2.42. The number of ether oxygens (including phenoxy) is 14. The monoisotopic (exact) mass is 1910 g/mol. The number of hydrogen-bond acceptors (Lipinski definition) is 33. The van der Waals surface area contributed by atoms with E-state index in [0.717, 1.165) is 57.8 Å². The van der Waals surface area contributed by atoms with Crippen molar-refractivity contribution in [3.8, 4) is 0 Å². The maximum atomic E-state index is 14.9. The van der Waals surface area contributed by atoms with E-state index in [-0.39, 0.29) is 190 Å². The molecule has 774 valence electrons. The summed E-state index contributed by atoms with van der Waals surface area (Å²) in [4.78, 5) is 132. The van der Waals surface area contributed by atoms with E-state index in [4.69, 9.17) is 66.3 Å². The zero-order chi connectivity index (χ0) is 97.4. The number of rotatable bonds is 84. The van der Waals surface area contributed by atoms with Gasteiger partial charge >= 0.3 is 0 Å². The van der Waals surface area contributed by atoms with E-state index in [1.54, 1.807) is 0 Å². The Morgan fingerprint density at radius 3 is 1.10 bits per heavy atom. The van der Waals surface area contributed by atoms with Crippen LogP contribution in [0.3, 0.4) is 0 Å². The number of nitrogens with one attached hydrogen (secondary N) is 9. The van der Waals surface area contributed by atoms with Crippen molar-refractivity contribution in [3.05, 3.63) is 0 Å². The van der Waals surface area contributed by atoms with Crippen LogP contribution in [0.4, 0.5) is 0 Å². The van der Waals surface area contributed by atoms with E-state index in [2.05, 4.69) is 61.7 Å². The molecule has 0 aromatic carbocycles. The van der Waals surface area contributed by atoms with Crippen molar-refractivity contribution in [3.63, 3.8) is 0 Å². The van der Waals surface area contributed by atoms with Gasteiger partial charge in [-0.15, -0.1) is 0 Å². The molecule has 3 rings (SSSR count). The number of Topliss-reactive ketones (excluding diaryl/α,β-unsaturated/α-hetero) is 1. The first kappa shape index (κ1) is 121. The summed E-state index contributed by atoms with van der Waals surface area (Å²) in [5.41, 5.74) is 0. The number of carbonyl (C=O) groups is 10. The number of hydrogen-bond donors (Lipinski definition) is 18. The Balaban J connectivity index is 1.68. The Bertz CT molecular complexity index is 3080.